The summed E-state index contributed by atoms with van der Waals surface area (Å²) < 4.78 is 0. The van der Waals surface area contributed by atoms with Crippen LogP contribution in [0.25, 0.3) is 0 Å². The SMILES string of the molecule is CC1(C)CCC(N(C(=O)C(C)(C)/C=N/O)[C@H]2CCN(C(=O)C3CN(C(C)(C)C)C[C@H]3c3ccc(Cl)cc3)C2)CC1.Cl. The molecule has 41 heavy (non-hydrogen) atoms. The van der Waals surface area contributed by atoms with Gasteiger partial charge in [0.2, 0.25) is 11.8 Å². The van der Waals surface area contributed by atoms with E-state index in [4.69, 9.17) is 11.6 Å². The Balaban J connectivity index is 0.00000462. The predicted molar refractivity (Wildman–Crippen MR) is 168 cm³/mol. The lowest BCUT2D eigenvalue weighted by atomic mass is 9.74. The van der Waals surface area contributed by atoms with Crippen molar-refractivity contribution in [1.82, 2.24) is 14.7 Å². The fourth-order valence-corrected chi connectivity index (χ4v) is 7.00. The highest BCUT2D eigenvalue weighted by atomic mass is 35.5. The van der Waals surface area contributed by atoms with Gasteiger partial charge in [0.15, 0.2) is 0 Å². The number of carbonyl (C=O) groups excluding carboxylic acids is 2. The molecule has 1 unspecified atom stereocenters. The standard InChI is InChI=1S/C32H49ClN4O3.ClH/c1-30(2,3)36-19-26(22-8-10-23(33)11-9-22)27(20-36)28(38)35-17-14-25(18-35)37(29(39)32(6,7)21-34-40)24-12-15-31(4,5)16-13-24;/h8-11,21,24-27,40H,12-20H2,1-7H3;1H/b34-21+;/t25-,26-,27?;/m0./s1. The number of hydrogen-bond donors (Lipinski definition) is 1. The summed E-state index contributed by atoms with van der Waals surface area (Å²) in [5.41, 5.74) is 0.475. The van der Waals surface area contributed by atoms with Gasteiger partial charge in [-0.25, -0.2) is 0 Å². The maximum absolute atomic E-state index is 14.2. The van der Waals surface area contributed by atoms with Crippen molar-refractivity contribution in [2.75, 3.05) is 26.2 Å². The third kappa shape index (κ3) is 7.58. The molecule has 7 nitrogen and oxygen atoms in total. The molecule has 0 aromatic heterocycles. The summed E-state index contributed by atoms with van der Waals surface area (Å²) in [7, 11) is 0. The molecule has 1 aromatic carbocycles. The first kappa shape index (κ1) is 33.7. The van der Waals surface area contributed by atoms with Crippen LogP contribution in [0.15, 0.2) is 29.4 Å². The molecule has 1 saturated carbocycles. The summed E-state index contributed by atoms with van der Waals surface area (Å²) in [5.74, 6) is 0.119. The number of halogens is 2. The zero-order valence-corrected chi connectivity index (χ0v) is 27.5. The third-order valence-electron chi connectivity index (χ3n) is 9.62. The Kier molecular flexibility index (Phi) is 10.5. The van der Waals surface area contributed by atoms with Gasteiger partial charge in [0, 0.05) is 48.7 Å². The molecule has 2 amide bonds. The lowest BCUT2D eigenvalue weighted by Crippen LogP contribution is -2.55. The summed E-state index contributed by atoms with van der Waals surface area (Å²) in [6.45, 7) is 17.6. The first-order valence-electron chi connectivity index (χ1n) is 14.9. The van der Waals surface area contributed by atoms with E-state index in [0.29, 0.717) is 18.1 Å². The number of oxime groups is 1. The summed E-state index contributed by atoms with van der Waals surface area (Å²) >= 11 is 6.18. The van der Waals surface area contributed by atoms with Crippen molar-refractivity contribution in [2.45, 2.75) is 104 Å². The van der Waals surface area contributed by atoms with Crippen molar-refractivity contribution in [3.63, 3.8) is 0 Å². The van der Waals surface area contributed by atoms with E-state index in [1.165, 1.54) is 6.21 Å². The van der Waals surface area contributed by atoms with Crippen molar-refractivity contribution in [3.8, 4) is 0 Å². The second-order valence-electron chi connectivity index (χ2n) is 14.6. The van der Waals surface area contributed by atoms with Crippen molar-refractivity contribution < 1.29 is 14.8 Å². The van der Waals surface area contributed by atoms with Crippen LogP contribution in [0.1, 0.15) is 92.1 Å². The highest BCUT2D eigenvalue weighted by Gasteiger charge is 2.47. The molecule has 0 spiro atoms. The van der Waals surface area contributed by atoms with E-state index in [-0.39, 0.29) is 59.1 Å². The molecule has 1 N–H and O–H groups in total. The van der Waals surface area contributed by atoms with Gasteiger partial charge in [-0.2, -0.15) is 0 Å². The fraction of sp³-hybridized carbons (Fsp3) is 0.719. The molecule has 2 aliphatic heterocycles. The monoisotopic (exact) mass is 608 g/mol. The molecule has 4 rings (SSSR count). The van der Waals surface area contributed by atoms with Gasteiger partial charge in [-0.05, 0) is 89.8 Å². The van der Waals surface area contributed by atoms with E-state index in [9.17, 15) is 14.8 Å². The Hall–Kier alpha value is -1.83. The van der Waals surface area contributed by atoms with Gasteiger partial charge in [-0.15, -0.1) is 17.6 Å². The van der Waals surface area contributed by atoms with Crippen LogP contribution in [-0.4, -0.2) is 81.7 Å². The maximum atomic E-state index is 14.2. The van der Waals surface area contributed by atoms with Gasteiger partial charge < -0.3 is 15.0 Å². The molecule has 2 heterocycles. The number of rotatable bonds is 6. The van der Waals surface area contributed by atoms with Gasteiger partial charge in [-0.3, -0.25) is 14.5 Å². The first-order valence-corrected chi connectivity index (χ1v) is 15.3. The Morgan fingerprint density at radius 1 is 1.00 bits per heavy atom. The normalized spacial score (nSPS) is 25.9. The summed E-state index contributed by atoms with van der Waals surface area (Å²) in [6.07, 6.45) is 6.15. The van der Waals surface area contributed by atoms with Crippen molar-refractivity contribution in [2.24, 2.45) is 21.9 Å². The van der Waals surface area contributed by atoms with Crippen molar-refractivity contribution in [3.05, 3.63) is 34.9 Å². The zero-order chi connectivity index (χ0) is 29.5. The number of benzene rings is 1. The van der Waals surface area contributed by atoms with E-state index in [1.807, 2.05) is 30.9 Å². The molecule has 9 heteroatoms. The summed E-state index contributed by atoms with van der Waals surface area (Å²) in [6, 6.07) is 8.04. The van der Waals surface area contributed by atoms with E-state index >= 15 is 0 Å². The third-order valence-corrected chi connectivity index (χ3v) is 9.87. The van der Waals surface area contributed by atoms with Gasteiger partial charge in [0.25, 0.3) is 0 Å². The highest BCUT2D eigenvalue weighted by molar-refractivity contribution is 6.30. The number of likely N-dealkylation sites (tertiary alicyclic amines) is 2. The van der Waals surface area contributed by atoms with Gasteiger partial charge in [0.05, 0.1) is 23.6 Å². The molecule has 1 aromatic rings. The van der Waals surface area contributed by atoms with E-state index < -0.39 is 5.41 Å². The fourth-order valence-electron chi connectivity index (χ4n) is 6.88. The highest BCUT2D eigenvalue weighted by Crippen LogP contribution is 2.41. The smallest absolute Gasteiger partial charge is 0.234 e. The van der Waals surface area contributed by atoms with Gasteiger partial charge in [0.1, 0.15) is 0 Å². The second-order valence-corrected chi connectivity index (χ2v) is 15.1. The van der Waals surface area contributed by atoms with Crippen LogP contribution in [0, 0.1) is 16.7 Å². The molecule has 3 atom stereocenters. The number of amides is 2. The van der Waals surface area contributed by atoms with Gasteiger partial charge >= 0.3 is 0 Å². The van der Waals surface area contributed by atoms with Crippen LogP contribution in [0.2, 0.25) is 5.02 Å². The topological polar surface area (TPSA) is 76.5 Å². The summed E-state index contributed by atoms with van der Waals surface area (Å²) in [5, 5.41) is 13.2. The molecule has 0 bridgehead atoms. The molecular formula is C32H50Cl2N4O3. The quantitative estimate of drug-likeness (QED) is 0.228. The minimum atomic E-state index is -0.919. The maximum Gasteiger partial charge on any atom is 0.234 e. The van der Waals surface area contributed by atoms with Crippen LogP contribution in [-0.2, 0) is 9.59 Å². The number of nitrogens with zero attached hydrogens (tertiary/aromatic N) is 4. The lowest BCUT2D eigenvalue weighted by molar-refractivity contribution is -0.144. The number of carbonyl (C=O) groups is 2. The Labute approximate surface area is 258 Å². The minimum Gasteiger partial charge on any atom is -0.411 e. The van der Waals surface area contributed by atoms with Crippen LogP contribution >= 0.6 is 24.0 Å². The Bertz CT molecular complexity index is 1090. The second kappa shape index (κ2) is 12.8. The van der Waals surface area contributed by atoms with Crippen LogP contribution in [0.5, 0.6) is 0 Å². The van der Waals surface area contributed by atoms with Crippen molar-refractivity contribution in [1.29, 1.82) is 0 Å². The Morgan fingerprint density at radius 3 is 2.17 bits per heavy atom. The lowest BCUT2D eigenvalue weighted by Gasteiger charge is -2.44. The average Bonchev–Trinajstić information content (AvgIpc) is 3.53. The largest absolute Gasteiger partial charge is 0.411 e. The van der Waals surface area contributed by atoms with Crippen LogP contribution in [0.3, 0.4) is 0 Å². The van der Waals surface area contributed by atoms with Crippen LogP contribution in [0.4, 0.5) is 0 Å². The summed E-state index contributed by atoms with van der Waals surface area (Å²) in [4.78, 5) is 34.6. The average molecular weight is 610 g/mol. The van der Waals surface area contributed by atoms with E-state index in [1.54, 1.807) is 0 Å². The molecule has 3 fully saturated rings. The predicted octanol–water partition coefficient (Wildman–Crippen LogP) is 6.46. The van der Waals surface area contributed by atoms with Gasteiger partial charge in [-0.1, -0.05) is 37.6 Å². The Morgan fingerprint density at radius 2 is 1.61 bits per heavy atom. The van der Waals surface area contributed by atoms with E-state index in [0.717, 1.165) is 50.8 Å². The molecule has 0 radical (unpaired) electrons. The van der Waals surface area contributed by atoms with E-state index in [2.05, 4.69) is 61.7 Å². The zero-order valence-electron chi connectivity index (χ0n) is 25.9. The minimum absolute atomic E-state index is 0. The number of hydrogen-bond acceptors (Lipinski definition) is 5. The molecular weight excluding hydrogens is 559 g/mol. The molecule has 3 aliphatic rings. The molecule has 230 valence electrons. The first-order chi connectivity index (χ1) is 18.6. The molecule has 2 saturated heterocycles. The van der Waals surface area contributed by atoms with Crippen LogP contribution < -0.4 is 0 Å². The molecule has 1 aliphatic carbocycles. The van der Waals surface area contributed by atoms with Crippen molar-refractivity contribution >= 4 is 42.0 Å².